The summed E-state index contributed by atoms with van der Waals surface area (Å²) >= 11 is 0. The Kier molecular flexibility index (Phi) is 7.18. The van der Waals surface area contributed by atoms with Gasteiger partial charge < -0.3 is 10.6 Å². The number of hydrogen-bond acceptors (Lipinski definition) is 3. The van der Waals surface area contributed by atoms with Crippen molar-refractivity contribution in [2.45, 2.75) is 49.2 Å². The second-order valence-corrected chi connectivity index (χ2v) is 14.6. The molecule has 50 heavy (non-hydrogen) atoms. The first-order valence-electron chi connectivity index (χ1n) is 18.3. The van der Waals surface area contributed by atoms with Gasteiger partial charge in [0, 0.05) is 29.7 Å². The van der Waals surface area contributed by atoms with Crippen LogP contribution in [0.2, 0.25) is 0 Å². The lowest BCUT2D eigenvalue weighted by Gasteiger charge is -2.42. The lowest BCUT2D eigenvalue weighted by Crippen LogP contribution is -2.50. The molecule has 2 heterocycles. The predicted octanol–water partition coefficient (Wildman–Crippen LogP) is 9.86. The highest BCUT2D eigenvalue weighted by Gasteiger charge is 2.40. The Morgan fingerprint density at radius 3 is 2.26 bits per heavy atom. The molecule has 7 atom stereocenters. The summed E-state index contributed by atoms with van der Waals surface area (Å²) < 4.78 is 0. The molecule has 0 saturated carbocycles. The maximum absolute atomic E-state index is 5.68. The van der Waals surface area contributed by atoms with Crippen molar-refractivity contribution in [3.63, 3.8) is 0 Å². The van der Waals surface area contributed by atoms with Gasteiger partial charge in [0.1, 0.15) is 5.84 Å². The number of nitrogens with zero attached hydrogens (tertiary/aromatic N) is 1. The largest absolute Gasteiger partial charge is 0.380 e. The third-order valence-electron chi connectivity index (χ3n) is 11.9. The lowest BCUT2D eigenvalue weighted by molar-refractivity contribution is 0.398. The smallest absolute Gasteiger partial charge is 0.105 e. The van der Waals surface area contributed by atoms with Crippen LogP contribution >= 0.6 is 0 Å². The zero-order chi connectivity index (χ0) is 33.0. The SMILES string of the molecule is C1=CC2C(C3CC(C4Cc5ccccc5-c5ccccc54)NC(C4C=CC(C5NC=Cc6ccccc65)=CC4)=N3)=Cc3ccccc3C2C=C1. The number of rotatable bonds is 4. The minimum atomic E-state index is 0.105. The fraction of sp³-hybridized carbons (Fsp3) is 0.213. The highest BCUT2D eigenvalue weighted by Crippen LogP contribution is 2.47. The zero-order valence-corrected chi connectivity index (χ0v) is 28.1. The van der Waals surface area contributed by atoms with E-state index in [4.69, 9.17) is 4.99 Å². The molecule has 10 rings (SSSR count). The second kappa shape index (κ2) is 12.2. The summed E-state index contributed by atoms with van der Waals surface area (Å²) in [6.07, 6.45) is 26.2. The standard InChI is InChI=1S/C47H41N3/c1-6-16-37-30(11-1)25-26-48-46(37)31-21-23-32(24-22-31)47-49-44(42-27-33-12-2-4-14-35(33)38-17-7-9-19-40(38)42)29-45(50-47)43-28-34-13-3-5-15-36(34)39-18-8-10-20-41(39)43/h1-23,25-27,32,38,40,43-46,48H,24,28-29H2,(H,49,50). The molecule has 4 aliphatic carbocycles. The molecule has 0 bridgehead atoms. The number of nitrogens with one attached hydrogen (secondary N) is 2. The molecular formula is C47H41N3. The molecule has 0 radical (unpaired) electrons. The van der Waals surface area contributed by atoms with Gasteiger partial charge in [-0.3, -0.25) is 4.99 Å². The fourth-order valence-corrected chi connectivity index (χ4v) is 9.50. The molecule has 4 aromatic carbocycles. The molecular weight excluding hydrogens is 607 g/mol. The molecule has 2 aliphatic heterocycles. The molecule has 4 aromatic rings. The lowest BCUT2D eigenvalue weighted by atomic mass is 9.68. The number of benzene rings is 4. The normalized spacial score (nSPS) is 28.3. The summed E-state index contributed by atoms with van der Waals surface area (Å²) in [5.41, 5.74) is 13.8. The van der Waals surface area contributed by atoms with Gasteiger partial charge in [-0.15, -0.1) is 0 Å². The number of allylic oxidation sites excluding steroid dienone is 5. The monoisotopic (exact) mass is 647 g/mol. The van der Waals surface area contributed by atoms with Gasteiger partial charge >= 0.3 is 0 Å². The Morgan fingerprint density at radius 1 is 0.660 bits per heavy atom. The molecule has 0 aromatic heterocycles. The van der Waals surface area contributed by atoms with E-state index in [1.165, 1.54) is 55.7 Å². The molecule has 0 fully saturated rings. The third kappa shape index (κ3) is 4.98. The summed E-state index contributed by atoms with van der Waals surface area (Å²) in [4.78, 5) is 5.68. The van der Waals surface area contributed by atoms with Gasteiger partial charge in [-0.1, -0.05) is 146 Å². The van der Waals surface area contributed by atoms with Gasteiger partial charge in [0.05, 0.1) is 12.1 Å². The number of aliphatic imine (C=N–C) groups is 1. The van der Waals surface area contributed by atoms with E-state index in [9.17, 15) is 0 Å². The van der Waals surface area contributed by atoms with Crippen molar-refractivity contribution in [1.82, 2.24) is 10.6 Å². The van der Waals surface area contributed by atoms with Crippen LogP contribution in [0.5, 0.6) is 0 Å². The maximum atomic E-state index is 5.68. The van der Waals surface area contributed by atoms with Crippen molar-refractivity contribution >= 4 is 18.0 Å². The van der Waals surface area contributed by atoms with Crippen molar-refractivity contribution in [3.05, 3.63) is 190 Å². The van der Waals surface area contributed by atoms with Crippen LogP contribution in [0.3, 0.4) is 0 Å². The molecule has 3 heteroatoms. The Bertz CT molecular complexity index is 2210. The maximum Gasteiger partial charge on any atom is 0.105 e. The van der Waals surface area contributed by atoms with Crippen molar-refractivity contribution in [1.29, 1.82) is 0 Å². The van der Waals surface area contributed by atoms with Crippen LogP contribution in [-0.4, -0.2) is 17.9 Å². The molecule has 6 aliphatic rings. The van der Waals surface area contributed by atoms with Crippen molar-refractivity contribution in [3.8, 4) is 11.1 Å². The average molecular weight is 648 g/mol. The Hall–Kier alpha value is -5.41. The highest BCUT2D eigenvalue weighted by molar-refractivity contribution is 5.89. The van der Waals surface area contributed by atoms with E-state index in [0.29, 0.717) is 17.8 Å². The van der Waals surface area contributed by atoms with Crippen LogP contribution in [0, 0.1) is 11.8 Å². The number of fused-ring (bicyclic) bond motifs is 7. The van der Waals surface area contributed by atoms with Crippen LogP contribution in [0.15, 0.2) is 162 Å². The second-order valence-electron chi connectivity index (χ2n) is 14.6. The van der Waals surface area contributed by atoms with E-state index in [2.05, 4.69) is 169 Å². The first kappa shape index (κ1) is 29.5. The first-order valence-corrected chi connectivity index (χ1v) is 18.3. The van der Waals surface area contributed by atoms with E-state index in [-0.39, 0.29) is 24.0 Å². The van der Waals surface area contributed by atoms with Gasteiger partial charge in [-0.25, -0.2) is 0 Å². The number of hydrogen-bond donors (Lipinski definition) is 2. The molecule has 0 amide bonds. The molecule has 3 nitrogen and oxygen atoms in total. The van der Waals surface area contributed by atoms with Gasteiger partial charge in [0.2, 0.25) is 0 Å². The minimum absolute atomic E-state index is 0.105. The minimum Gasteiger partial charge on any atom is -0.380 e. The van der Waals surface area contributed by atoms with E-state index in [1.54, 1.807) is 0 Å². The van der Waals surface area contributed by atoms with E-state index in [0.717, 1.165) is 25.1 Å². The summed E-state index contributed by atoms with van der Waals surface area (Å²) in [6, 6.07) is 36.4. The van der Waals surface area contributed by atoms with E-state index < -0.39 is 0 Å². The predicted molar refractivity (Wildman–Crippen MR) is 207 cm³/mol. The molecule has 0 spiro atoms. The first-order chi connectivity index (χ1) is 24.8. The topological polar surface area (TPSA) is 36.4 Å². The molecule has 2 N–H and O–H groups in total. The van der Waals surface area contributed by atoms with Crippen LogP contribution in [0.4, 0.5) is 0 Å². The van der Waals surface area contributed by atoms with Gasteiger partial charge in [-0.2, -0.15) is 0 Å². The average Bonchev–Trinajstić information content (AvgIpc) is 3.20. The van der Waals surface area contributed by atoms with Crippen molar-refractivity contribution in [2.75, 3.05) is 0 Å². The summed E-state index contributed by atoms with van der Waals surface area (Å²) in [5, 5.41) is 7.74. The van der Waals surface area contributed by atoms with E-state index in [1.807, 2.05) is 0 Å². The van der Waals surface area contributed by atoms with E-state index >= 15 is 0 Å². The Balaban J connectivity index is 1.03. The third-order valence-corrected chi connectivity index (χ3v) is 11.9. The van der Waals surface area contributed by atoms with Crippen LogP contribution in [0.25, 0.3) is 23.3 Å². The number of amidine groups is 1. The highest BCUT2D eigenvalue weighted by atomic mass is 15.1. The Labute approximate surface area is 295 Å². The molecule has 7 unspecified atom stereocenters. The Morgan fingerprint density at radius 2 is 1.40 bits per heavy atom. The van der Waals surface area contributed by atoms with Crippen molar-refractivity contribution in [2.24, 2.45) is 16.8 Å². The summed E-state index contributed by atoms with van der Waals surface area (Å²) in [6.45, 7) is 0. The van der Waals surface area contributed by atoms with Crippen LogP contribution in [-0.2, 0) is 6.42 Å². The molecule has 0 saturated heterocycles. The molecule has 244 valence electrons. The zero-order valence-electron chi connectivity index (χ0n) is 28.1. The summed E-state index contributed by atoms with van der Waals surface area (Å²) in [7, 11) is 0. The van der Waals surface area contributed by atoms with Gasteiger partial charge in [0.15, 0.2) is 0 Å². The van der Waals surface area contributed by atoms with Crippen LogP contribution < -0.4 is 10.6 Å². The summed E-state index contributed by atoms with van der Waals surface area (Å²) in [5.74, 6) is 2.38. The van der Waals surface area contributed by atoms with Crippen LogP contribution in [0.1, 0.15) is 64.1 Å². The van der Waals surface area contributed by atoms with Gasteiger partial charge in [0.25, 0.3) is 0 Å². The fourth-order valence-electron chi connectivity index (χ4n) is 9.50. The van der Waals surface area contributed by atoms with Gasteiger partial charge in [-0.05, 0) is 87.2 Å². The van der Waals surface area contributed by atoms with Crippen molar-refractivity contribution < 1.29 is 0 Å². The quantitative estimate of drug-likeness (QED) is 0.231.